The molecule has 0 unspecified atom stereocenters. The molecule has 0 aliphatic carbocycles. The standard InChI is InChI=1S/C22H23N5O4S2/c1-14-8-10-19(16(3)12-14)26-33(30,31)21-13-17(27(28)29)9-11-20(21)24-25-22(32)23-18-7-5-4-6-15(18)2/h4-13,24,26H,1-3H3,(H2,23,25,32). The molecule has 3 rings (SSSR count). The van der Waals surface area contributed by atoms with E-state index in [1.54, 1.807) is 19.1 Å². The lowest BCUT2D eigenvalue weighted by molar-refractivity contribution is -0.385. The fourth-order valence-electron chi connectivity index (χ4n) is 3.07. The van der Waals surface area contributed by atoms with Crippen LogP contribution in [0.4, 0.5) is 22.7 Å². The molecule has 0 saturated carbocycles. The van der Waals surface area contributed by atoms with Crippen molar-refractivity contribution in [1.29, 1.82) is 0 Å². The number of sulfonamides is 1. The number of benzene rings is 3. The van der Waals surface area contributed by atoms with Crippen molar-refractivity contribution in [2.75, 3.05) is 15.5 Å². The van der Waals surface area contributed by atoms with Gasteiger partial charge in [-0.25, -0.2) is 8.42 Å². The summed E-state index contributed by atoms with van der Waals surface area (Å²) in [6.07, 6.45) is 0. The molecule has 0 fully saturated rings. The van der Waals surface area contributed by atoms with Crippen molar-refractivity contribution < 1.29 is 13.3 Å². The van der Waals surface area contributed by atoms with E-state index >= 15 is 0 Å². The van der Waals surface area contributed by atoms with Crippen molar-refractivity contribution in [3.8, 4) is 0 Å². The molecule has 0 saturated heterocycles. The molecule has 33 heavy (non-hydrogen) atoms. The van der Waals surface area contributed by atoms with E-state index in [2.05, 4.69) is 20.9 Å². The third kappa shape index (κ3) is 5.96. The summed E-state index contributed by atoms with van der Waals surface area (Å²) < 4.78 is 28.8. The third-order valence-electron chi connectivity index (χ3n) is 4.80. The summed E-state index contributed by atoms with van der Waals surface area (Å²) in [7, 11) is -4.17. The van der Waals surface area contributed by atoms with Crippen molar-refractivity contribution in [2.24, 2.45) is 0 Å². The number of hydrogen-bond acceptors (Lipinski definition) is 6. The minimum Gasteiger partial charge on any atom is -0.331 e. The molecule has 4 N–H and O–H groups in total. The van der Waals surface area contributed by atoms with Crippen LogP contribution in [0.1, 0.15) is 16.7 Å². The number of rotatable bonds is 7. The lowest BCUT2D eigenvalue weighted by atomic mass is 10.1. The van der Waals surface area contributed by atoms with Crippen LogP contribution in [0.3, 0.4) is 0 Å². The third-order valence-corrected chi connectivity index (χ3v) is 6.41. The zero-order valence-electron chi connectivity index (χ0n) is 18.2. The van der Waals surface area contributed by atoms with E-state index in [4.69, 9.17) is 12.2 Å². The lowest BCUT2D eigenvalue weighted by Gasteiger charge is -2.17. The van der Waals surface area contributed by atoms with E-state index in [-0.39, 0.29) is 21.4 Å². The lowest BCUT2D eigenvalue weighted by Crippen LogP contribution is -2.34. The van der Waals surface area contributed by atoms with Gasteiger partial charge in [0.25, 0.3) is 15.7 Å². The first kappa shape index (κ1) is 24.0. The number of hydrogen-bond donors (Lipinski definition) is 4. The summed E-state index contributed by atoms with van der Waals surface area (Å²) in [5.74, 6) is 0. The van der Waals surface area contributed by atoms with Gasteiger partial charge in [-0.15, -0.1) is 0 Å². The first-order valence-corrected chi connectivity index (χ1v) is 11.7. The van der Waals surface area contributed by atoms with Gasteiger partial charge >= 0.3 is 0 Å². The number of anilines is 3. The molecule has 172 valence electrons. The van der Waals surface area contributed by atoms with E-state index in [1.165, 1.54) is 12.1 Å². The predicted molar refractivity (Wildman–Crippen MR) is 134 cm³/mol. The van der Waals surface area contributed by atoms with Crippen LogP contribution in [-0.4, -0.2) is 18.5 Å². The molecule has 0 radical (unpaired) electrons. The molecule has 9 nitrogen and oxygen atoms in total. The molecule has 0 amide bonds. The Balaban J connectivity index is 1.87. The van der Waals surface area contributed by atoms with Crippen LogP contribution in [0.25, 0.3) is 0 Å². The van der Waals surface area contributed by atoms with E-state index in [0.29, 0.717) is 5.69 Å². The summed E-state index contributed by atoms with van der Waals surface area (Å²) in [5.41, 5.74) is 9.03. The van der Waals surface area contributed by atoms with Gasteiger partial charge in [0.1, 0.15) is 4.90 Å². The van der Waals surface area contributed by atoms with Crippen LogP contribution in [0.5, 0.6) is 0 Å². The zero-order valence-corrected chi connectivity index (χ0v) is 19.8. The first-order chi connectivity index (χ1) is 15.6. The van der Waals surface area contributed by atoms with Gasteiger partial charge in [-0.1, -0.05) is 35.9 Å². The number of nitro benzene ring substituents is 1. The Morgan fingerprint density at radius 1 is 0.909 bits per heavy atom. The Morgan fingerprint density at radius 3 is 2.27 bits per heavy atom. The topological polar surface area (TPSA) is 125 Å². The smallest absolute Gasteiger partial charge is 0.270 e. The summed E-state index contributed by atoms with van der Waals surface area (Å²) in [4.78, 5) is 10.3. The number of aryl methyl sites for hydroxylation is 3. The van der Waals surface area contributed by atoms with Crippen molar-refractivity contribution in [3.63, 3.8) is 0 Å². The largest absolute Gasteiger partial charge is 0.331 e. The van der Waals surface area contributed by atoms with Crippen LogP contribution >= 0.6 is 12.2 Å². The molecule has 0 aliphatic rings. The summed E-state index contributed by atoms with van der Waals surface area (Å²) in [6.45, 7) is 5.58. The number of non-ortho nitro benzene ring substituents is 1. The number of hydrazine groups is 1. The van der Waals surface area contributed by atoms with Crippen molar-refractivity contribution in [3.05, 3.63) is 87.5 Å². The average molecular weight is 486 g/mol. The van der Waals surface area contributed by atoms with Crippen LogP contribution < -0.4 is 20.9 Å². The molecule has 3 aromatic carbocycles. The molecule has 0 spiro atoms. The summed E-state index contributed by atoms with van der Waals surface area (Å²) in [5, 5.41) is 14.5. The van der Waals surface area contributed by atoms with Crippen LogP contribution in [-0.2, 0) is 10.0 Å². The fourth-order valence-corrected chi connectivity index (χ4v) is 4.54. The molecule has 0 aromatic heterocycles. The second-order valence-corrected chi connectivity index (χ2v) is 9.44. The fraction of sp³-hybridized carbons (Fsp3) is 0.136. The number of nitrogens with one attached hydrogen (secondary N) is 4. The normalized spacial score (nSPS) is 10.9. The highest BCUT2D eigenvalue weighted by molar-refractivity contribution is 7.93. The molecule has 0 atom stereocenters. The predicted octanol–water partition coefficient (Wildman–Crippen LogP) is 4.63. The first-order valence-electron chi connectivity index (χ1n) is 9.84. The minimum absolute atomic E-state index is 0.0896. The second kappa shape index (κ2) is 9.84. The highest BCUT2D eigenvalue weighted by Gasteiger charge is 2.23. The maximum atomic E-state index is 13.2. The molecule has 0 heterocycles. The van der Waals surface area contributed by atoms with Gasteiger partial charge in [0.15, 0.2) is 5.11 Å². The Hall–Kier alpha value is -3.70. The van der Waals surface area contributed by atoms with Gasteiger partial charge in [0, 0.05) is 17.8 Å². The number of nitrogens with zero attached hydrogens (tertiary/aromatic N) is 1. The van der Waals surface area contributed by atoms with Gasteiger partial charge in [-0.05, 0) is 62.3 Å². The van der Waals surface area contributed by atoms with E-state index in [9.17, 15) is 18.5 Å². The van der Waals surface area contributed by atoms with Gasteiger partial charge in [-0.2, -0.15) is 0 Å². The average Bonchev–Trinajstić information content (AvgIpc) is 2.75. The molecular formula is C22H23N5O4S2. The molecule has 3 aromatic rings. The Labute approximate surface area is 197 Å². The van der Waals surface area contributed by atoms with E-state index in [0.717, 1.165) is 28.4 Å². The number of thiocarbonyl (C=S) groups is 1. The minimum atomic E-state index is -4.17. The molecule has 11 heteroatoms. The van der Waals surface area contributed by atoms with Gasteiger partial charge < -0.3 is 5.32 Å². The number of para-hydroxylation sites is 1. The highest BCUT2D eigenvalue weighted by atomic mass is 32.2. The molecule has 0 bridgehead atoms. The van der Waals surface area contributed by atoms with E-state index < -0.39 is 14.9 Å². The number of nitro groups is 1. The highest BCUT2D eigenvalue weighted by Crippen LogP contribution is 2.29. The Kier molecular flexibility index (Phi) is 7.14. The van der Waals surface area contributed by atoms with Crippen molar-refractivity contribution in [1.82, 2.24) is 5.43 Å². The van der Waals surface area contributed by atoms with Crippen molar-refractivity contribution >= 4 is 50.1 Å². The van der Waals surface area contributed by atoms with Crippen LogP contribution in [0.2, 0.25) is 0 Å². The van der Waals surface area contributed by atoms with Crippen LogP contribution in [0, 0.1) is 30.9 Å². The van der Waals surface area contributed by atoms with Gasteiger partial charge in [0.2, 0.25) is 0 Å². The summed E-state index contributed by atoms with van der Waals surface area (Å²) >= 11 is 5.28. The summed E-state index contributed by atoms with van der Waals surface area (Å²) in [6, 6.07) is 16.3. The van der Waals surface area contributed by atoms with E-state index in [1.807, 2.05) is 44.2 Å². The Bertz CT molecular complexity index is 1330. The maximum absolute atomic E-state index is 13.2. The molecular weight excluding hydrogens is 462 g/mol. The SMILES string of the molecule is Cc1ccc(NS(=O)(=O)c2cc([N+](=O)[O-])ccc2NNC(=S)Nc2ccccc2C)c(C)c1. The maximum Gasteiger partial charge on any atom is 0.270 e. The van der Waals surface area contributed by atoms with Gasteiger partial charge in [-0.3, -0.25) is 25.7 Å². The van der Waals surface area contributed by atoms with Gasteiger partial charge in [0.05, 0.1) is 16.3 Å². The van der Waals surface area contributed by atoms with Crippen molar-refractivity contribution in [2.45, 2.75) is 25.7 Å². The molecule has 0 aliphatic heterocycles. The zero-order chi connectivity index (χ0) is 24.2. The monoisotopic (exact) mass is 485 g/mol. The quantitative estimate of drug-likeness (QED) is 0.217. The second-order valence-electron chi connectivity index (χ2n) is 7.38. The van der Waals surface area contributed by atoms with Crippen LogP contribution in [0.15, 0.2) is 65.6 Å². The Morgan fingerprint density at radius 2 is 1.61 bits per heavy atom.